The summed E-state index contributed by atoms with van der Waals surface area (Å²) < 4.78 is 9.77. The molecule has 0 aromatic heterocycles. The minimum Gasteiger partial charge on any atom is -0.481 e. The Morgan fingerprint density at radius 2 is 1.69 bits per heavy atom. The molecule has 2 unspecified atom stereocenters. The maximum absolute atomic E-state index is 11.5. The first-order valence-corrected chi connectivity index (χ1v) is 5.00. The summed E-state index contributed by atoms with van der Waals surface area (Å²) in [5, 5.41) is 11.3. The summed E-state index contributed by atoms with van der Waals surface area (Å²) in [6, 6.07) is 0. The predicted octanol–water partition coefficient (Wildman–Crippen LogP) is 0.0783. The van der Waals surface area contributed by atoms with E-state index in [9.17, 15) is 9.59 Å². The number of nitrogens with one attached hydrogen (secondary N) is 1. The summed E-state index contributed by atoms with van der Waals surface area (Å²) in [5.74, 6) is -2.62. The maximum atomic E-state index is 11.5. The summed E-state index contributed by atoms with van der Waals surface area (Å²) >= 11 is 0. The van der Waals surface area contributed by atoms with Crippen molar-refractivity contribution in [2.45, 2.75) is 20.1 Å². The molecule has 0 spiro atoms. The van der Waals surface area contributed by atoms with Gasteiger partial charge in [-0.15, -0.1) is 0 Å². The molecule has 1 amide bonds. The molecule has 0 saturated heterocycles. The molecule has 16 heavy (non-hydrogen) atoms. The van der Waals surface area contributed by atoms with Gasteiger partial charge in [0.05, 0.1) is 12.5 Å². The molecule has 0 aromatic carbocycles. The lowest BCUT2D eigenvalue weighted by Gasteiger charge is -2.18. The molecule has 0 aromatic rings. The van der Waals surface area contributed by atoms with Gasteiger partial charge in [-0.3, -0.25) is 9.59 Å². The van der Waals surface area contributed by atoms with Crippen LogP contribution in [0.15, 0.2) is 0 Å². The molecule has 0 rings (SSSR count). The third kappa shape index (κ3) is 4.59. The van der Waals surface area contributed by atoms with Crippen molar-refractivity contribution >= 4 is 11.9 Å². The van der Waals surface area contributed by atoms with Crippen LogP contribution < -0.4 is 5.32 Å². The zero-order valence-electron chi connectivity index (χ0n) is 10.0. The SMILES string of the molecule is COC(CNC(=O)C(C)C(C)C(=O)O)OC. The summed E-state index contributed by atoms with van der Waals surface area (Å²) in [7, 11) is 2.92. The smallest absolute Gasteiger partial charge is 0.307 e. The number of hydrogen-bond acceptors (Lipinski definition) is 4. The summed E-state index contributed by atoms with van der Waals surface area (Å²) in [5.41, 5.74) is 0. The van der Waals surface area contributed by atoms with Crippen LogP contribution in [0.4, 0.5) is 0 Å². The van der Waals surface area contributed by atoms with Gasteiger partial charge >= 0.3 is 5.97 Å². The first-order valence-electron chi connectivity index (χ1n) is 5.00. The number of amides is 1. The average Bonchev–Trinajstić information content (AvgIpc) is 2.27. The summed E-state index contributed by atoms with van der Waals surface area (Å²) in [6.45, 7) is 3.27. The van der Waals surface area contributed by atoms with E-state index in [1.165, 1.54) is 21.1 Å². The molecule has 2 atom stereocenters. The second-order valence-corrected chi connectivity index (χ2v) is 3.56. The quantitative estimate of drug-likeness (QED) is 0.608. The molecule has 2 N–H and O–H groups in total. The number of ether oxygens (including phenoxy) is 2. The predicted molar refractivity (Wildman–Crippen MR) is 56.8 cm³/mol. The van der Waals surface area contributed by atoms with Crippen LogP contribution in [0.1, 0.15) is 13.8 Å². The van der Waals surface area contributed by atoms with E-state index in [2.05, 4.69) is 5.32 Å². The van der Waals surface area contributed by atoms with E-state index in [4.69, 9.17) is 14.6 Å². The largest absolute Gasteiger partial charge is 0.481 e. The van der Waals surface area contributed by atoms with Crippen LogP contribution in [0.5, 0.6) is 0 Å². The van der Waals surface area contributed by atoms with Crippen LogP contribution in [0.2, 0.25) is 0 Å². The van der Waals surface area contributed by atoms with Crippen molar-refractivity contribution in [2.75, 3.05) is 20.8 Å². The Morgan fingerprint density at radius 1 is 1.19 bits per heavy atom. The number of carbonyl (C=O) groups is 2. The number of rotatable bonds is 7. The topological polar surface area (TPSA) is 84.9 Å². The Hall–Kier alpha value is -1.14. The molecule has 0 bridgehead atoms. The summed E-state index contributed by atoms with van der Waals surface area (Å²) in [6.07, 6.45) is -0.517. The molecule has 94 valence electrons. The average molecular weight is 233 g/mol. The Bertz CT molecular complexity index is 239. The van der Waals surface area contributed by atoms with Crippen molar-refractivity contribution < 1.29 is 24.2 Å². The lowest BCUT2D eigenvalue weighted by Crippen LogP contribution is -2.40. The van der Waals surface area contributed by atoms with E-state index >= 15 is 0 Å². The highest BCUT2D eigenvalue weighted by Crippen LogP contribution is 2.10. The minimum absolute atomic E-state index is 0.197. The van der Waals surface area contributed by atoms with Crippen LogP contribution in [0.25, 0.3) is 0 Å². The van der Waals surface area contributed by atoms with Gasteiger partial charge in [0.1, 0.15) is 0 Å². The lowest BCUT2D eigenvalue weighted by molar-refractivity contribution is -0.146. The summed E-state index contributed by atoms with van der Waals surface area (Å²) in [4.78, 5) is 22.2. The van der Waals surface area contributed by atoms with E-state index in [0.29, 0.717) is 0 Å². The van der Waals surface area contributed by atoms with Crippen molar-refractivity contribution in [2.24, 2.45) is 11.8 Å². The van der Waals surface area contributed by atoms with Gasteiger partial charge in [0.15, 0.2) is 6.29 Å². The highest BCUT2D eigenvalue weighted by Gasteiger charge is 2.25. The first kappa shape index (κ1) is 14.9. The zero-order chi connectivity index (χ0) is 12.7. The standard InChI is InChI=1S/C10H19NO5/c1-6(7(2)10(13)14)9(12)11-5-8(15-3)16-4/h6-8H,5H2,1-4H3,(H,11,12)(H,13,14). The van der Waals surface area contributed by atoms with Gasteiger partial charge in [0, 0.05) is 20.1 Å². The van der Waals surface area contributed by atoms with Gasteiger partial charge in [-0.1, -0.05) is 13.8 Å². The van der Waals surface area contributed by atoms with Gasteiger partial charge in [0.2, 0.25) is 5.91 Å². The van der Waals surface area contributed by atoms with Gasteiger partial charge in [-0.2, -0.15) is 0 Å². The molecule has 0 saturated carbocycles. The highest BCUT2D eigenvalue weighted by atomic mass is 16.7. The minimum atomic E-state index is -0.988. The fraction of sp³-hybridized carbons (Fsp3) is 0.800. The lowest BCUT2D eigenvalue weighted by atomic mass is 9.95. The second-order valence-electron chi connectivity index (χ2n) is 3.56. The van der Waals surface area contributed by atoms with Crippen molar-refractivity contribution in [1.29, 1.82) is 0 Å². The van der Waals surface area contributed by atoms with Crippen LogP contribution in [0, 0.1) is 11.8 Å². The van der Waals surface area contributed by atoms with Crippen LogP contribution >= 0.6 is 0 Å². The highest BCUT2D eigenvalue weighted by molar-refractivity contribution is 5.84. The van der Waals surface area contributed by atoms with E-state index in [-0.39, 0.29) is 12.5 Å². The monoisotopic (exact) mass is 233 g/mol. The van der Waals surface area contributed by atoms with Gasteiger partial charge in [-0.05, 0) is 0 Å². The fourth-order valence-corrected chi connectivity index (χ4v) is 1.05. The third-order valence-corrected chi connectivity index (χ3v) is 2.52. The van der Waals surface area contributed by atoms with Crippen molar-refractivity contribution in [3.05, 3.63) is 0 Å². The number of carboxylic acids is 1. The molecule has 0 radical (unpaired) electrons. The third-order valence-electron chi connectivity index (χ3n) is 2.52. The Kier molecular flexibility index (Phi) is 6.67. The Labute approximate surface area is 94.9 Å². The molecule has 0 aliphatic heterocycles. The zero-order valence-corrected chi connectivity index (χ0v) is 10.0. The van der Waals surface area contributed by atoms with Crippen molar-refractivity contribution in [3.63, 3.8) is 0 Å². The molecule has 0 fully saturated rings. The van der Waals surface area contributed by atoms with Crippen molar-refractivity contribution in [3.8, 4) is 0 Å². The van der Waals surface area contributed by atoms with E-state index in [0.717, 1.165) is 0 Å². The van der Waals surface area contributed by atoms with Crippen LogP contribution in [0.3, 0.4) is 0 Å². The normalized spacial score (nSPS) is 14.6. The first-order chi connectivity index (χ1) is 7.43. The van der Waals surface area contributed by atoms with Gasteiger partial charge < -0.3 is 19.9 Å². The molecular formula is C10H19NO5. The number of carbonyl (C=O) groups excluding carboxylic acids is 1. The number of aliphatic carboxylic acids is 1. The number of methoxy groups -OCH3 is 2. The fourth-order valence-electron chi connectivity index (χ4n) is 1.05. The molecule has 6 heteroatoms. The maximum Gasteiger partial charge on any atom is 0.307 e. The molecule has 0 aliphatic carbocycles. The van der Waals surface area contributed by atoms with Gasteiger partial charge in [-0.25, -0.2) is 0 Å². The van der Waals surface area contributed by atoms with E-state index in [1.807, 2.05) is 0 Å². The van der Waals surface area contributed by atoms with E-state index < -0.39 is 24.1 Å². The Morgan fingerprint density at radius 3 is 2.06 bits per heavy atom. The molecule has 6 nitrogen and oxygen atoms in total. The number of hydrogen-bond donors (Lipinski definition) is 2. The molecular weight excluding hydrogens is 214 g/mol. The van der Waals surface area contributed by atoms with Crippen molar-refractivity contribution in [1.82, 2.24) is 5.32 Å². The second kappa shape index (κ2) is 7.19. The van der Waals surface area contributed by atoms with Crippen LogP contribution in [-0.4, -0.2) is 44.0 Å². The number of carboxylic acid groups (broad SMARTS) is 1. The van der Waals surface area contributed by atoms with Gasteiger partial charge in [0.25, 0.3) is 0 Å². The molecule has 0 heterocycles. The Balaban J connectivity index is 4.10. The molecule has 0 aliphatic rings. The van der Waals surface area contributed by atoms with E-state index in [1.54, 1.807) is 6.92 Å². The van der Waals surface area contributed by atoms with Crippen LogP contribution in [-0.2, 0) is 19.1 Å².